The molecule has 1 aliphatic heterocycles. The van der Waals surface area contributed by atoms with Crippen LogP contribution in [0, 0.1) is 0 Å². The van der Waals surface area contributed by atoms with Gasteiger partial charge in [0.05, 0.1) is 32.7 Å². The molecule has 1 aliphatic rings. The van der Waals surface area contributed by atoms with Gasteiger partial charge in [-0.15, -0.1) is 0 Å². The fourth-order valence-electron chi connectivity index (χ4n) is 4.50. The minimum Gasteiger partial charge on any atom is -0.493 e. The standard InChI is InChI=1S/C27H25N3O4/c1-32-21-14-18(15-22(33-2)26(21)34-3)20-16-23(31)28-27-24(20)25(17-10-6-4-7-11-17)29-30(27)19-12-8-5-9-13-19/h4-15,20H,16H2,1-3H3,(H,28,31). The second kappa shape index (κ2) is 8.94. The maximum atomic E-state index is 12.9. The number of nitrogens with one attached hydrogen (secondary N) is 1. The van der Waals surface area contributed by atoms with Gasteiger partial charge in [-0.25, -0.2) is 4.68 Å². The second-order valence-corrected chi connectivity index (χ2v) is 7.99. The summed E-state index contributed by atoms with van der Waals surface area (Å²) < 4.78 is 18.5. The van der Waals surface area contributed by atoms with Crippen molar-refractivity contribution in [3.8, 4) is 34.2 Å². The highest BCUT2D eigenvalue weighted by atomic mass is 16.5. The molecule has 0 saturated carbocycles. The van der Waals surface area contributed by atoms with Crippen LogP contribution in [0.4, 0.5) is 5.82 Å². The van der Waals surface area contributed by atoms with Crippen molar-refractivity contribution in [2.45, 2.75) is 12.3 Å². The SMILES string of the molecule is COc1cc(C2CC(=O)Nc3c2c(-c2ccccc2)nn3-c2ccccc2)cc(OC)c1OC. The van der Waals surface area contributed by atoms with Crippen LogP contribution >= 0.6 is 0 Å². The molecule has 1 N–H and O–H groups in total. The number of anilines is 1. The molecule has 3 aromatic carbocycles. The van der Waals surface area contributed by atoms with Crippen LogP contribution in [0.3, 0.4) is 0 Å². The zero-order valence-corrected chi connectivity index (χ0v) is 19.2. The lowest BCUT2D eigenvalue weighted by Gasteiger charge is -2.26. The van der Waals surface area contributed by atoms with E-state index in [0.717, 1.165) is 28.1 Å². The molecule has 7 heteroatoms. The zero-order valence-electron chi connectivity index (χ0n) is 19.2. The highest BCUT2D eigenvalue weighted by Crippen LogP contribution is 2.47. The van der Waals surface area contributed by atoms with Gasteiger partial charge >= 0.3 is 0 Å². The van der Waals surface area contributed by atoms with E-state index in [1.165, 1.54) is 0 Å². The Bertz CT molecular complexity index is 1310. The molecule has 4 aromatic rings. The predicted octanol–water partition coefficient (Wildman–Crippen LogP) is 5.04. The van der Waals surface area contributed by atoms with Crippen molar-refractivity contribution in [2.75, 3.05) is 26.6 Å². The third-order valence-electron chi connectivity index (χ3n) is 6.06. The topological polar surface area (TPSA) is 74.6 Å². The highest BCUT2D eigenvalue weighted by Gasteiger charge is 2.35. The summed E-state index contributed by atoms with van der Waals surface area (Å²) in [5.74, 6) is 1.92. The van der Waals surface area contributed by atoms with Crippen molar-refractivity contribution in [1.29, 1.82) is 0 Å². The van der Waals surface area contributed by atoms with E-state index in [1.54, 1.807) is 26.0 Å². The van der Waals surface area contributed by atoms with E-state index < -0.39 is 0 Å². The number of fused-ring (bicyclic) bond motifs is 1. The second-order valence-electron chi connectivity index (χ2n) is 7.99. The minimum absolute atomic E-state index is 0.0806. The third-order valence-corrected chi connectivity index (χ3v) is 6.06. The van der Waals surface area contributed by atoms with E-state index in [0.29, 0.717) is 23.1 Å². The molecular weight excluding hydrogens is 430 g/mol. The molecule has 172 valence electrons. The summed E-state index contributed by atoms with van der Waals surface area (Å²) >= 11 is 0. The Morgan fingerprint density at radius 2 is 1.50 bits per heavy atom. The summed E-state index contributed by atoms with van der Waals surface area (Å²) in [5, 5.41) is 8.05. The summed E-state index contributed by atoms with van der Waals surface area (Å²) in [6.07, 6.45) is 0.270. The van der Waals surface area contributed by atoms with Gasteiger partial charge in [-0.3, -0.25) is 4.79 Å². The average Bonchev–Trinajstić information content (AvgIpc) is 3.27. The molecule has 0 spiro atoms. The monoisotopic (exact) mass is 455 g/mol. The number of carbonyl (C=O) groups excluding carboxylic acids is 1. The highest BCUT2D eigenvalue weighted by molar-refractivity contribution is 5.96. The lowest BCUT2D eigenvalue weighted by atomic mass is 9.84. The Labute approximate surface area is 197 Å². The van der Waals surface area contributed by atoms with Gasteiger partial charge in [-0.2, -0.15) is 5.10 Å². The molecule has 1 atom stereocenters. The summed E-state index contributed by atoms with van der Waals surface area (Å²) in [6.45, 7) is 0. The van der Waals surface area contributed by atoms with Crippen LogP contribution in [-0.4, -0.2) is 37.0 Å². The number of nitrogens with zero attached hydrogens (tertiary/aromatic N) is 2. The Hall–Kier alpha value is -4.26. The first kappa shape index (κ1) is 21.6. The lowest BCUT2D eigenvalue weighted by molar-refractivity contribution is -0.116. The summed E-state index contributed by atoms with van der Waals surface area (Å²) in [5.41, 5.74) is 4.49. The fourth-order valence-corrected chi connectivity index (χ4v) is 4.50. The smallest absolute Gasteiger partial charge is 0.226 e. The van der Waals surface area contributed by atoms with E-state index in [9.17, 15) is 4.79 Å². The summed E-state index contributed by atoms with van der Waals surface area (Å²) in [6, 6.07) is 23.6. The molecule has 0 radical (unpaired) electrons. The van der Waals surface area contributed by atoms with Crippen LogP contribution in [0.2, 0.25) is 0 Å². The number of ether oxygens (including phenoxy) is 3. The first-order chi connectivity index (χ1) is 16.6. The first-order valence-electron chi connectivity index (χ1n) is 11.0. The molecule has 0 fully saturated rings. The average molecular weight is 456 g/mol. The molecular formula is C27H25N3O4. The van der Waals surface area contributed by atoms with Gasteiger partial charge in [0.15, 0.2) is 11.5 Å². The maximum Gasteiger partial charge on any atom is 0.226 e. The van der Waals surface area contributed by atoms with Crippen LogP contribution in [0.15, 0.2) is 72.8 Å². The van der Waals surface area contributed by atoms with Gasteiger partial charge in [0.25, 0.3) is 0 Å². The Kier molecular flexibility index (Phi) is 5.67. The van der Waals surface area contributed by atoms with Crippen molar-refractivity contribution >= 4 is 11.7 Å². The number of rotatable bonds is 6. The maximum absolute atomic E-state index is 12.9. The van der Waals surface area contributed by atoms with Gasteiger partial charge in [-0.05, 0) is 29.8 Å². The molecule has 5 rings (SSSR count). The predicted molar refractivity (Wildman–Crippen MR) is 130 cm³/mol. The van der Waals surface area contributed by atoms with Crippen molar-refractivity contribution in [3.05, 3.63) is 83.9 Å². The molecule has 34 heavy (non-hydrogen) atoms. The summed E-state index contributed by atoms with van der Waals surface area (Å²) in [7, 11) is 4.75. The molecule has 1 aromatic heterocycles. The number of aromatic nitrogens is 2. The zero-order chi connectivity index (χ0) is 23.7. The van der Waals surface area contributed by atoms with Gasteiger partial charge in [-0.1, -0.05) is 48.5 Å². The van der Waals surface area contributed by atoms with E-state index >= 15 is 0 Å². The summed E-state index contributed by atoms with van der Waals surface area (Å²) in [4.78, 5) is 12.9. The number of carbonyl (C=O) groups is 1. The van der Waals surface area contributed by atoms with Crippen LogP contribution in [0.25, 0.3) is 16.9 Å². The Morgan fingerprint density at radius 3 is 2.09 bits per heavy atom. The van der Waals surface area contributed by atoms with Crippen molar-refractivity contribution in [1.82, 2.24) is 9.78 Å². The number of methoxy groups -OCH3 is 3. The van der Waals surface area contributed by atoms with E-state index in [-0.39, 0.29) is 18.2 Å². The van der Waals surface area contributed by atoms with E-state index in [4.69, 9.17) is 19.3 Å². The Balaban J connectivity index is 1.77. The van der Waals surface area contributed by atoms with E-state index in [2.05, 4.69) is 5.32 Å². The third kappa shape index (κ3) is 3.65. The number of hydrogen-bond donors (Lipinski definition) is 1. The van der Waals surface area contributed by atoms with Crippen LogP contribution in [0.5, 0.6) is 17.2 Å². The molecule has 1 amide bonds. The van der Waals surface area contributed by atoms with Crippen LogP contribution in [-0.2, 0) is 4.79 Å². The van der Waals surface area contributed by atoms with Gasteiger partial charge in [0.1, 0.15) is 5.82 Å². The molecule has 7 nitrogen and oxygen atoms in total. The van der Waals surface area contributed by atoms with Gasteiger partial charge < -0.3 is 19.5 Å². The van der Waals surface area contributed by atoms with Crippen molar-refractivity contribution in [2.24, 2.45) is 0 Å². The molecule has 0 aliphatic carbocycles. The van der Waals surface area contributed by atoms with Crippen LogP contribution in [0.1, 0.15) is 23.5 Å². The largest absolute Gasteiger partial charge is 0.493 e. The first-order valence-corrected chi connectivity index (χ1v) is 11.0. The van der Waals surface area contributed by atoms with E-state index in [1.807, 2.05) is 72.8 Å². The normalized spacial score (nSPS) is 14.8. The molecule has 0 saturated heterocycles. The molecule has 2 heterocycles. The Morgan fingerprint density at radius 1 is 0.882 bits per heavy atom. The van der Waals surface area contributed by atoms with Crippen LogP contribution < -0.4 is 19.5 Å². The van der Waals surface area contributed by atoms with Crippen molar-refractivity contribution in [3.63, 3.8) is 0 Å². The molecule has 0 bridgehead atoms. The van der Waals surface area contributed by atoms with Gasteiger partial charge in [0, 0.05) is 23.5 Å². The van der Waals surface area contributed by atoms with Gasteiger partial charge in [0.2, 0.25) is 11.7 Å². The number of benzene rings is 3. The van der Waals surface area contributed by atoms with Crippen molar-refractivity contribution < 1.29 is 19.0 Å². The number of hydrogen-bond acceptors (Lipinski definition) is 5. The number of amides is 1. The quantitative estimate of drug-likeness (QED) is 0.441. The lowest BCUT2D eigenvalue weighted by Crippen LogP contribution is -2.25. The molecule has 1 unspecified atom stereocenters. The number of para-hydroxylation sites is 1. The minimum atomic E-state index is -0.259. The fraction of sp³-hybridized carbons (Fsp3) is 0.185.